The van der Waals surface area contributed by atoms with Crippen LogP contribution in [0.2, 0.25) is 0 Å². The molecule has 14 heavy (non-hydrogen) atoms. The average molecular weight is 188 g/mol. The van der Waals surface area contributed by atoms with Gasteiger partial charge in [0.2, 0.25) is 0 Å². The summed E-state index contributed by atoms with van der Waals surface area (Å²) in [5, 5.41) is 0. The van der Waals surface area contributed by atoms with Gasteiger partial charge in [-0.05, 0) is 17.9 Å². The summed E-state index contributed by atoms with van der Waals surface area (Å²) >= 11 is 0. The van der Waals surface area contributed by atoms with Crippen LogP contribution in [0.5, 0.6) is 0 Å². The first-order chi connectivity index (χ1) is 6.84. The fourth-order valence-corrected chi connectivity index (χ4v) is 1.49. The second-order valence-electron chi connectivity index (χ2n) is 3.77. The third kappa shape index (κ3) is 3.78. The molecule has 0 saturated carbocycles. The van der Waals surface area contributed by atoms with E-state index in [2.05, 4.69) is 56.3 Å². The number of hydrogen-bond donors (Lipinski definition) is 0. The average Bonchev–Trinajstić information content (AvgIpc) is 2.25. The molecule has 0 nitrogen and oxygen atoms in total. The van der Waals surface area contributed by atoms with Crippen LogP contribution in [0.15, 0.2) is 42.5 Å². The predicted molar refractivity (Wildman–Crippen MR) is 63.5 cm³/mol. The van der Waals surface area contributed by atoms with Crippen LogP contribution >= 0.6 is 0 Å². The molecule has 0 spiro atoms. The van der Waals surface area contributed by atoms with E-state index in [0.29, 0.717) is 5.92 Å². The van der Waals surface area contributed by atoms with Crippen LogP contribution in [-0.2, 0) is 0 Å². The normalized spacial score (nSPS) is 13.3. The van der Waals surface area contributed by atoms with Gasteiger partial charge in [-0.1, -0.05) is 69.2 Å². The van der Waals surface area contributed by atoms with Crippen molar-refractivity contribution in [3.63, 3.8) is 0 Å². The van der Waals surface area contributed by atoms with E-state index in [0.717, 1.165) is 0 Å². The van der Waals surface area contributed by atoms with Crippen LogP contribution in [0.25, 0.3) is 0 Å². The van der Waals surface area contributed by atoms with Gasteiger partial charge in [0.05, 0.1) is 0 Å². The van der Waals surface area contributed by atoms with Gasteiger partial charge in [-0.25, -0.2) is 0 Å². The van der Waals surface area contributed by atoms with E-state index in [1.165, 1.54) is 24.8 Å². The summed E-state index contributed by atoms with van der Waals surface area (Å²) in [5.74, 6) is 0.549. The number of unbranched alkanes of at least 4 members (excludes halogenated alkanes) is 2. The molecule has 1 unspecified atom stereocenters. The summed E-state index contributed by atoms with van der Waals surface area (Å²) < 4.78 is 0. The monoisotopic (exact) mass is 188 g/mol. The molecule has 1 aromatic rings. The Kier molecular flexibility index (Phi) is 5.06. The number of allylic oxidation sites excluding steroid dienone is 2. The minimum Gasteiger partial charge on any atom is -0.0879 e. The van der Waals surface area contributed by atoms with Gasteiger partial charge in [-0.2, -0.15) is 0 Å². The van der Waals surface area contributed by atoms with Gasteiger partial charge in [0, 0.05) is 0 Å². The first-order valence-electron chi connectivity index (χ1n) is 5.56. The van der Waals surface area contributed by atoms with Crippen molar-refractivity contribution in [1.29, 1.82) is 0 Å². The summed E-state index contributed by atoms with van der Waals surface area (Å²) in [6.45, 7) is 4.48. The Hall–Kier alpha value is -1.04. The molecule has 0 aliphatic carbocycles. The van der Waals surface area contributed by atoms with E-state index in [1.54, 1.807) is 0 Å². The highest BCUT2D eigenvalue weighted by molar-refractivity contribution is 5.22. The van der Waals surface area contributed by atoms with Crippen LogP contribution in [-0.4, -0.2) is 0 Å². The maximum atomic E-state index is 2.31. The summed E-state index contributed by atoms with van der Waals surface area (Å²) in [5.41, 5.74) is 1.40. The molecule has 1 atom stereocenters. The minimum atomic E-state index is 0.549. The van der Waals surface area contributed by atoms with Crippen LogP contribution in [0.1, 0.15) is 44.6 Å². The Bertz CT molecular complexity index is 259. The van der Waals surface area contributed by atoms with Crippen LogP contribution in [0.4, 0.5) is 0 Å². The highest BCUT2D eigenvalue weighted by Crippen LogP contribution is 2.16. The quantitative estimate of drug-likeness (QED) is 0.470. The smallest absolute Gasteiger partial charge is 0.00104 e. The Morgan fingerprint density at radius 2 is 1.93 bits per heavy atom. The fraction of sp³-hybridized carbons (Fsp3) is 0.429. The summed E-state index contributed by atoms with van der Waals surface area (Å²) in [4.78, 5) is 0. The number of benzene rings is 1. The second-order valence-corrected chi connectivity index (χ2v) is 3.77. The SMILES string of the molecule is CCCC/C=C/C(C)c1ccccc1. The van der Waals surface area contributed by atoms with Gasteiger partial charge in [0.25, 0.3) is 0 Å². The zero-order valence-corrected chi connectivity index (χ0v) is 9.24. The largest absolute Gasteiger partial charge is 0.0879 e. The van der Waals surface area contributed by atoms with Crippen molar-refractivity contribution < 1.29 is 0 Å². The number of rotatable bonds is 5. The van der Waals surface area contributed by atoms with Crippen LogP contribution < -0.4 is 0 Å². The molecule has 0 aliphatic rings. The van der Waals surface area contributed by atoms with Gasteiger partial charge in [0.15, 0.2) is 0 Å². The van der Waals surface area contributed by atoms with Crippen molar-refractivity contribution >= 4 is 0 Å². The molecule has 1 rings (SSSR count). The molecule has 0 aromatic heterocycles. The predicted octanol–water partition coefficient (Wildman–Crippen LogP) is 4.54. The van der Waals surface area contributed by atoms with Crippen molar-refractivity contribution in [3.8, 4) is 0 Å². The van der Waals surface area contributed by atoms with Crippen molar-refractivity contribution in [3.05, 3.63) is 48.0 Å². The van der Waals surface area contributed by atoms with Gasteiger partial charge in [-0.3, -0.25) is 0 Å². The molecule has 76 valence electrons. The Labute approximate surface area is 87.7 Å². The van der Waals surface area contributed by atoms with Crippen molar-refractivity contribution in [2.75, 3.05) is 0 Å². The maximum absolute atomic E-state index is 2.31. The molecule has 0 radical (unpaired) electrons. The zero-order chi connectivity index (χ0) is 10.2. The lowest BCUT2D eigenvalue weighted by Crippen LogP contribution is -1.87. The Morgan fingerprint density at radius 1 is 1.21 bits per heavy atom. The second kappa shape index (κ2) is 6.42. The van der Waals surface area contributed by atoms with E-state index in [4.69, 9.17) is 0 Å². The molecule has 0 bridgehead atoms. The van der Waals surface area contributed by atoms with Crippen molar-refractivity contribution in [2.24, 2.45) is 0 Å². The lowest BCUT2D eigenvalue weighted by atomic mass is 10.0. The fourth-order valence-electron chi connectivity index (χ4n) is 1.49. The molecular weight excluding hydrogens is 168 g/mol. The van der Waals surface area contributed by atoms with Crippen molar-refractivity contribution in [2.45, 2.75) is 39.0 Å². The summed E-state index contributed by atoms with van der Waals surface area (Å²) in [6, 6.07) is 10.7. The van der Waals surface area contributed by atoms with Gasteiger partial charge in [0.1, 0.15) is 0 Å². The standard InChI is InChI=1S/C14H20/c1-3-4-5-7-10-13(2)14-11-8-6-9-12-14/h6-13H,3-5H2,1-2H3/b10-7+. The Morgan fingerprint density at radius 3 is 2.57 bits per heavy atom. The minimum absolute atomic E-state index is 0.549. The van der Waals surface area contributed by atoms with E-state index in [9.17, 15) is 0 Å². The zero-order valence-electron chi connectivity index (χ0n) is 9.24. The third-order valence-corrected chi connectivity index (χ3v) is 2.47. The van der Waals surface area contributed by atoms with Gasteiger partial charge >= 0.3 is 0 Å². The molecule has 0 amide bonds. The molecule has 0 aliphatic heterocycles. The van der Waals surface area contributed by atoms with Gasteiger partial charge in [-0.15, -0.1) is 0 Å². The molecule has 0 fully saturated rings. The Balaban J connectivity index is 2.42. The topological polar surface area (TPSA) is 0 Å². The molecule has 0 heterocycles. The molecule has 0 N–H and O–H groups in total. The van der Waals surface area contributed by atoms with E-state index >= 15 is 0 Å². The van der Waals surface area contributed by atoms with Gasteiger partial charge < -0.3 is 0 Å². The maximum Gasteiger partial charge on any atom is -0.00104 e. The first-order valence-corrected chi connectivity index (χ1v) is 5.56. The molecule has 0 heteroatoms. The summed E-state index contributed by atoms with van der Waals surface area (Å²) in [6.07, 6.45) is 8.42. The molecule has 0 saturated heterocycles. The van der Waals surface area contributed by atoms with E-state index in [-0.39, 0.29) is 0 Å². The highest BCUT2D eigenvalue weighted by Gasteiger charge is 1.98. The van der Waals surface area contributed by atoms with Crippen LogP contribution in [0.3, 0.4) is 0 Å². The van der Waals surface area contributed by atoms with E-state index < -0.39 is 0 Å². The first kappa shape index (κ1) is 11.0. The van der Waals surface area contributed by atoms with Crippen LogP contribution in [0, 0.1) is 0 Å². The lowest BCUT2D eigenvalue weighted by molar-refractivity contribution is 0.808. The number of hydrogen-bond acceptors (Lipinski definition) is 0. The lowest BCUT2D eigenvalue weighted by Gasteiger charge is -2.05. The van der Waals surface area contributed by atoms with E-state index in [1.807, 2.05) is 0 Å². The summed E-state index contributed by atoms with van der Waals surface area (Å²) in [7, 11) is 0. The highest BCUT2D eigenvalue weighted by atomic mass is 14.0. The van der Waals surface area contributed by atoms with Crippen molar-refractivity contribution in [1.82, 2.24) is 0 Å². The third-order valence-electron chi connectivity index (χ3n) is 2.47. The molecule has 1 aromatic carbocycles. The molecular formula is C14H20.